The largest absolute Gasteiger partial charge is 0.484 e. The predicted octanol–water partition coefficient (Wildman–Crippen LogP) is 3.48. The first-order valence-corrected chi connectivity index (χ1v) is 11.0. The number of nitrogens with zero attached hydrogens (tertiary/aromatic N) is 3. The van der Waals surface area contributed by atoms with Crippen molar-refractivity contribution in [3.63, 3.8) is 0 Å². The van der Waals surface area contributed by atoms with Crippen LogP contribution in [0.15, 0.2) is 53.4 Å². The third-order valence-electron chi connectivity index (χ3n) is 4.83. The number of piperazine rings is 1. The fourth-order valence-electron chi connectivity index (χ4n) is 3.10. The lowest BCUT2D eigenvalue weighted by Gasteiger charge is -2.35. The summed E-state index contributed by atoms with van der Waals surface area (Å²) < 4.78 is 5.50. The normalized spacial score (nSPS) is 14.8. The van der Waals surface area contributed by atoms with E-state index >= 15 is 0 Å². The van der Waals surface area contributed by atoms with Crippen LogP contribution in [0.1, 0.15) is 6.92 Å². The molecular formula is C21H22ClN3O5S. The Hall–Kier alpha value is -2.78. The number of ether oxygens (including phenoxy) is 1. The molecule has 0 bridgehead atoms. The molecule has 0 aromatic heterocycles. The van der Waals surface area contributed by atoms with E-state index in [0.717, 1.165) is 4.90 Å². The zero-order valence-electron chi connectivity index (χ0n) is 16.9. The minimum Gasteiger partial charge on any atom is -0.484 e. The number of non-ortho nitro benzene ring substituents is 1. The molecule has 10 heteroatoms. The summed E-state index contributed by atoms with van der Waals surface area (Å²) in [5.74, 6) is 0.423. The summed E-state index contributed by atoms with van der Waals surface area (Å²) in [4.78, 5) is 39.6. The van der Waals surface area contributed by atoms with E-state index in [1.165, 1.54) is 23.9 Å². The van der Waals surface area contributed by atoms with Crippen molar-refractivity contribution in [2.45, 2.75) is 17.1 Å². The molecule has 1 fully saturated rings. The molecule has 3 rings (SSSR count). The summed E-state index contributed by atoms with van der Waals surface area (Å²) in [7, 11) is 0. The van der Waals surface area contributed by atoms with Crippen LogP contribution in [0.25, 0.3) is 0 Å². The monoisotopic (exact) mass is 463 g/mol. The second-order valence-electron chi connectivity index (χ2n) is 6.96. The number of benzene rings is 2. The maximum Gasteiger partial charge on any atom is 0.269 e. The third-order valence-corrected chi connectivity index (χ3v) is 6.18. The van der Waals surface area contributed by atoms with Crippen LogP contribution in [0.4, 0.5) is 5.69 Å². The van der Waals surface area contributed by atoms with E-state index in [1.807, 2.05) is 6.92 Å². The van der Waals surface area contributed by atoms with Crippen molar-refractivity contribution < 1.29 is 19.2 Å². The van der Waals surface area contributed by atoms with E-state index in [4.69, 9.17) is 16.3 Å². The Balaban J connectivity index is 1.44. The van der Waals surface area contributed by atoms with Gasteiger partial charge in [-0.05, 0) is 43.3 Å². The van der Waals surface area contributed by atoms with Crippen LogP contribution in [0, 0.1) is 10.1 Å². The first kappa shape index (κ1) is 22.9. The van der Waals surface area contributed by atoms with Gasteiger partial charge in [-0.2, -0.15) is 0 Å². The number of hydrogen-bond acceptors (Lipinski definition) is 6. The average Bonchev–Trinajstić information content (AvgIpc) is 2.78. The maximum absolute atomic E-state index is 12.8. The van der Waals surface area contributed by atoms with E-state index < -0.39 is 4.92 Å². The number of hydrogen-bond donors (Lipinski definition) is 0. The van der Waals surface area contributed by atoms with Crippen molar-refractivity contribution >= 4 is 40.9 Å². The number of carbonyl (C=O) groups excluding carboxylic acids is 2. The van der Waals surface area contributed by atoms with Gasteiger partial charge in [-0.25, -0.2) is 0 Å². The van der Waals surface area contributed by atoms with Crippen molar-refractivity contribution in [1.29, 1.82) is 0 Å². The molecule has 2 amide bonds. The van der Waals surface area contributed by atoms with E-state index in [9.17, 15) is 19.7 Å². The fraction of sp³-hybridized carbons (Fsp3) is 0.333. The average molecular weight is 464 g/mol. The Morgan fingerprint density at radius 1 is 1.06 bits per heavy atom. The lowest BCUT2D eigenvalue weighted by atomic mass is 10.3. The minimum absolute atomic E-state index is 0.0177. The standard InChI is InChI=1S/C21H22ClN3O5S/c1-15(31-19-8-4-17(5-9-19)25(28)29)21(27)24-12-10-23(11-13-24)20(26)14-30-18-6-2-16(22)3-7-18/h2-9,15H,10-14H2,1H3. The molecule has 0 radical (unpaired) electrons. The van der Waals surface area contributed by atoms with Gasteiger partial charge in [-0.3, -0.25) is 19.7 Å². The van der Waals surface area contributed by atoms with Gasteiger partial charge < -0.3 is 14.5 Å². The van der Waals surface area contributed by atoms with Crippen molar-refractivity contribution in [1.82, 2.24) is 9.80 Å². The first-order valence-electron chi connectivity index (χ1n) is 9.69. The molecule has 1 aliphatic rings. The number of amides is 2. The zero-order valence-corrected chi connectivity index (χ0v) is 18.5. The molecule has 8 nitrogen and oxygen atoms in total. The van der Waals surface area contributed by atoms with Crippen molar-refractivity contribution in [3.05, 3.63) is 63.7 Å². The zero-order chi connectivity index (χ0) is 22.4. The highest BCUT2D eigenvalue weighted by Crippen LogP contribution is 2.26. The first-order chi connectivity index (χ1) is 14.8. The quantitative estimate of drug-likeness (QED) is 0.354. The molecule has 1 unspecified atom stereocenters. The Morgan fingerprint density at radius 2 is 1.65 bits per heavy atom. The summed E-state index contributed by atoms with van der Waals surface area (Å²) in [5, 5.41) is 11.0. The van der Waals surface area contributed by atoms with Crippen LogP contribution in [0.2, 0.25) is 5.02 Å². The van der Waals surface area contributed by atoms with Crippen LogP contribution in [0.5, 0.6) is 5.75 Å². The molecule has 1 atom stereocenters. The molecule has 31 heavy (non-hydrogen) atoms. The third kappa shape index (κ3) is 6.35. The van der Waals surface area contributed by atoms with Crippen LogP contribution in [0.3, 0.4) is 0 Å². The summed E-state index contributed by atoms with van der Waals surface area (Å²) >= 11 is 7.19. The molecule has 0 saturated carbocycles. The molecular weight excluding hydrogens is 442 g/mol. The Kier molecular flexibility index (Phi) is 7.75. The number of nitro benzene ring substituents is 1. The minimum atomic E-state index is -0.454. The fourth-order valence-corrected chi connectivity index (χ4v) is 4.18. The summed E-state index contributed by atoms with van der Waals surface area (Å²) in [5.41, 5.74) is 0.0177. The lowest BCUT2D eigenvalue weighted by Crippen LogP contribution is -2.53. The van der Waals surface area contributed by atoms with Crippen LogP contribution < -0.4 is 4.74 Å². The smallest absolute Gasteiger partial charge is 0.269 e. The molecule has 2 aromatic rings. The highest BCUT2D eigenvalue weighted by atomic mass is 35.5. The molecule has 1 aliphatic heterocycles. The molecule has 1 saturated heterocycles. The number of nitro groups is 1. The molecule has 1 heterocycles. The van der Waals surface area contributed by atoms with E-state index in [1.54, 1.807) is 46.2 Å². The summed E-state index contributed by atoms with van der Waals surface area (Å²) in [6, 6.07) is 12.9. The molecule has 0 spiro atoms. The van der Waals surface area contributed by atoms with Gasteiger partial charge in [-0.1, -0.05) is 11.6 Å². The van der Waals surface area contributed by atoms with E-state index in [-0.39, 0.29) is 29.4 Å². The number of halogens is 1. The SMILES string of the molecule is CC(Sc1ccc([N+](=O)[O-])cc1)C(=O)N1CCN(C(=O)COc2ccc(Cl)cc2)CC1. The van der Waals surface area contributed by atoms with Gasteiger partial charge in [0.15, 0.2) is 6.61 Å². The number of thioether (sulfide) groups is 1. The van der Waals surface area contributed by atoms with E-state index in [0.29, 0.717) is 37.0 Å². The van der Waals surface area contributed by atoms with Gasteiger partial charge in [0, 0.05) is 48.2 Å². The highest BCUT2D eigenvalue weighted by molar-refractivity contribution is 8.00. The van der Waals surface area contributed by atoms with Crippen molar-refractivity contribution in [2.24, 2.45) is 0 Å². The molecule has 2 aromatic carbocycles. The van der Waals surface area contributed by atoms with Crippen molar-refractivity contribution in [2.75, 3.05) is 32.8 Å². The summed E-state index contributed by atoms with van der Waals surface area (Å²) in [6.45, 7) is 3.55. The van der Waals surface area contributed by atoms with Crippen LogP contribution >= 0.6 is 23.4 Å². The predicted molar refractivity (Wildman–Crippen MR) is 119 cm³/mol. The van der Waals surface area contributed by atoms with Crippen molar-refractivity contribution in [3.8, 4) is 5.75 Å². The Labute approximate surface area is 189 Å². The molecule has 0 aliphatic carbocycles. The number of carbonyl (C=O) groups is 2. The lowest BCUT2D eigenvalue weighted by molar-refractivity contribution is -0.384. The molecule has 164 valence electrons. The second kappa shape index (κ2) is 10.5. The van der Waals surface area contributed by atoms with Gasteiger partial charge in [0.2, 0.25) is 5.91 Å². The van der Waals surface area contributed by atoms with E-state index in [2.05, 4.69) is 0 Å². The Bertz CT molecular complexity index is 931. The molecule has 0 N–H and O–H groups in total. The Morgan fingerprint density at radius 3 is 2.23 bits per heavy atom. The van der Waals surface area contributed by atoms with Gasteiger partial charge in [0.25, 0.3) is 11.6 Å². The summed E-state index contributed by atoms with van der Waals surface area (Å²) in [6.07, 6.45) is 0. The highest BCUT2D eigenvalue weighted by Gasteiger charge is 2.27. The van der Waals surface area contributed by atoms with Crippen LogP contribution in [-0.2, 0) is 9.59 Å². The topological polar surface area (TPSA) is 93.0 Å². The van der Waals surface area contributed by atoms with Crippen LogP contribution in [-0.4, -0.2) is 64.6 Å². The van der Waals surface area contributed by atoms with Gasteiger partial charge >= 0.3 is 0 Å². The second-order valence-corrected chi connectivity index (χ2v) is 8.81. The number of rotatable bonds is 7. The van der Waals surface area contributed by atoms with Gasteiger partial charge in [-0.15, -0.1) is 11.8 Å². The van der Waals surface area contributed by atoms with Gasteiger partial charge in [0.05, 0.1) is 10.2 Å². The van der Waals surface area contributed by atoms with Gasteiger partial charge in [0.1, 0.15) is 5.75 Å². The maximum atomic E-state index is 12.8.